The quantitative estimate of drug-likeness (QED) is 0.895. The average Bonchev–Trinajstić information content (AvgIpc) is 3.22. The molecule has 0 atom stereocenters. The molecule has 1 amide bonds. The maximum absolute atomic E-state index is 12.5. The first-order valence-corrected chi connectivity index (χ1v) is 8.71. The Bertz CT molecular complexity index is 798. The summed E-state index contributed by atoms with van der Waals surface area (Å²) in [7, 11) is 3.28. The zero-order valence-corrected chi connectivity index (χ0v) is 14.9. The Morgan fingerprint density at radius 2 is 1.96 bits per heavy atom. The van der Waals surface area contributed by atoms with Gasteiger partial charge in [0.1, 0.15) is 0 Å². The summed E-state index contributed by atoms with van der Waals surface area (Å²) in [5.41, 5.74) is 2.34. The van der Waals surface area contributed by atoms with Gasteiger partial charge in [-0.15, -0.1) is 0 Å². The van der Waals surface area contributed by atoms with E-state index in [0.29, 0.717) is 31.1 Å². The third-order valence-electron chi connectivity index (χ3n) is 5.34. The van der Waals surface area contributed by atoms with Gasteiger partial charge in [-0.25, -0.2) is 0 Å². The molecule has 0 aliphatic carbocycles. The van der Waals surface area contributed by atoms with Crippen LogP contribution in [0.2, 0.25) is 0 Å². The number of hydrogen-bond donors (Lipinski definition) is 1. The van der Waals surface area contributed by atoms with Gasteiger partial charge in [-0.1, -0.05) is 0 Å². The van der Waals surface area contributed by atoms with Crippen LogP contribution in [0.5, 0.6) is 11.5 Å². The smallest absolute Gasteiger partial charge is 0.276 e. The molecular formula is C18H22N4O4. The number of rotatable bonds is 3. The molecule has 4 rings (SSSR count). The van der Waals surface area contributed by atoms with Gasteiger partial charge in [0, 0.05) is 13.1 Å². The molecule has 2 aromatic rings. The highest BCUT2D eigenvalue weighted by Crippen LogP contribution is 2.45. The van der Waals surface area contributed by atoms with Gasteiger partial charge in [-0.2, -0.15) is 15.4 Å². The van der Waals surface area contributed by atoms with Crippen molar-refractivity contribution in [3.63, 3.8) is 0 Å². The highest BCUT2D eigenvalue weighted by atomic mass is 16.5. The summed E-state index contributed by atoms with van der Waals surface area (Å²) < 4.78 is 17.2. The van der Waals surface area contributed by atoms with Crippen molar-refractivity contribution in [3.8, 4) is 11.5 Å². The fraction of sp³-hybridized carbons (Fsp3) is 0.500. The highest BCUT2D eigenvalue weighted by Gasteiger charge is 2.42. The molecule has 26 heavy (non-hydrogen) atoms. The van der Waals surface area contributed by atoms with Gasteiger partial charge in [-0.05, 0) is 42.5 Å². The molecule has 138 valence electrons. The summed E-state index contributed by atoms with van der Waals surface area (Å²) >= 11 is 0. The second kappa shape index (κ2) is 6.60. The minimum Gasteiger partial charge on any atom is -0.493 e. The van der Waals surface area contributed by atoms with Crippen molar-refractivity contribution in [2.75, 3.05) is 33.9 Å². The van der Waals surface area contributed by atoms with Crippen molar-refractivity contribution < 1.29 is 19.0 Å². The molecule has 0 unspecified atom stereocenters. The number of methoxy groups -OCH3 is 2. The summed E-state index contributed by atoms with van der Waals surface area (Å²) in [6.07, 6.45) is 3.77. The third-order valence-corrected chi connectivity index (χ3v) is 5.34. The number of nitrogens with zero attached hydrogens (tertiary/aromatic N) is 3. The van der Waals surface area contributed by atoms with Crippen LogP contribution < -0.4 is 9.47 Å². The minimum atomic E-state index is -0.381. The minimum absolute atomic E-state index is 0.100. The SMILES string of the molecule is COc1cc2c(cc1OC)C1(CCN(C(=O)c3cn[nH]n3)CC1)OCC2. The van der Waals surface area contributed by atoms with Crippen LogP contribution in [0.3, 0.4) is 0 Å². The molecular weight excluding hydrogens is 336 g/mol. The summed E-state index contributed by atoms with van der Waals surface area (Å²) in [5, 5.41) is 10.1. The van der Waals surface area contributed by atoms with Crippen molar-refractivity contribution in [1.29, 1.82) is 0 Å². The maximum Gasteiger partial charge on any atom is 0.276 e. The first-order chi connectivity index (χ1) is 12.7. The topological polar surface area (TPSA) is 89.6 Å². The van der Waals surface area contributed by atoms with E-state index in [4.69, 9.17) is 14.2 Å². The van der Waals surface area contributed by atoms with Crippen LogP contribution in [0.25, 0.3) is 0 Å². The number of benzene rings is 1. The largest absolute Gasteiger partial charge is 0.493 e. The highest BCUT2D eigenvalue weighted by molar-refractivity contribution is 5.91. The monoisotopic (exact) mass is 358 g/mol. The molecule has 1 aromatic heterocycles. The lowest BCUT2D eigenvalue weighted by Gasteiger charge is -2.45. The molecule has 2 aliphatic heterocycles. The molecule has 1 N–H and O–H groups in total. The lowest BCUT2D eigenvalue weighted by atomic mass is 9.79. The number of fused-ring (bicyclic) bond motifs is 2. The van der Waals surface area contributed by atoms with Gasteiger partial charge in [0.15, 0.2) is 17.2 Å². The Balaban J connectivity index is 1.59. The van der Waals surface area contributed by atoms with Gasteiger partial charge in [0.25, 0.3) is 5.91 Å². The van der Waals surface area contributed by atoms with Gasteiger partial charge in [0.05, 0.1) is 32.6 Å². The second-order valence-corrected chi connectivity index (χ2v) is 6.60. The summed E-state index contributed by atoms with van der Waals surface area (Å²) in [5.74, 6) is 1.34. The molecule has 8 nitrogen and oxygen atoms in total. The Morgan fingerprint density at radius 1 is 1.23 bits per heavy atom. The standard InChI is InChI=1S/C18H22N4O4/c1-24-15-9-12-3-8-26-18(13(12)10-16(15)25-2)4-6-22(7-5-18)17(23)14-11-19-21-20-14/h9-11H,3-8H2,1-2H3,(H,19,20,21). The molecule has 2 aliphatic rings. The number of aromatic nitrogens is 3. The Hall–Kier alpha value is -2.61. The van der Waals surface area contributed by atoms with E-state index in [-0.39, 0.29) is 11.5 Å². The molecule has 0 radical (unpaired) electrons. The maximum atomic E-state index is 12.5. The first kappa shape index (κ1) is 16.8. The van der Waals surface area contributed by atoms with Crippen LogP contribution in [0, 0.1) is 0 Å². The Kier molecular flexibility index (Phi) is 4.28. The number of H-pyrrole nitrogens is 1. The van der Waals surface area contributed by atoms with Crippen LogP contribution in [-0.4, -0.2) is 60.1 Å². The fourth-order valence-electron chi connectivity index (χ4n) is 3.94. The molecule has 1 spiro atoms. The van der Waals surface area contributed by atoms with Crippen LogP contribution >= 0.6 is 0 Å². The number of amides is 1. The van der Waals surface area contributed by atoms with E-state index >= 15 is 0 Å². The molecule has 1 fully saturated rings. The molecule has 0 bridgehead atoms. The van der Waals surface area contributed by atoms with E-state index in [1.807, 2.05) is 17.0 Å². The molecule has 1 saturated heterocycles. The third kappa shape index (κ3) is 2.70. The number of ether oxygens (including phenoxy) is 3. The molecule has 3 heterocycles. The van der Waals surface area contributed by atoms with Crippen LogP contribution in [0.1, 0.15) is 34.5 Å². The summed E-state index contributed by atoms with van der Waals surface area (Å²) in [4.78, 5) is 14.3. The number of carbonyl (C=O) groups excluding carboxylic acids is 1. The summed E-state index contributed by atoms with van der Waals surface area (Å²) in [6, 6.07) is 4.08. The van der Waals surface area contributed by atoms with E-state index in [0.717, 1.165) is 30.6 Å². The Morgan fingerprint density at radius 3 is 2.62 bits per heavy atom. The normalized spacial score (nSPS) is 18.5. The van der Waals surface area contributed by atoms with E-state index < -0.39 is 0 Å². The van der Waals surface area contributed by atoms with E-state index in [2.05, 4.69) is 15.4 Å². The molecule has 1 aromatic carbocycles. The van der Waals surface area contributed by atoms with E-state index in [9.17, 15) is 4.79 Å². The predicted octanol–water partition coefficient (Wildman–Crippen LogP) is 1.53. The average molecular weight is 358 g/mol. The van der Waals surface area contributed by atoms with Gasteiger partial charge >= 0.3 is 0 Å². The molecule has 8 heteroatoms. The lowest BCUT2D eigenvalue weighted by Crippen LogP contribution is -2.48. The van der Waals surface area contributed by atoms with Crippen molar-refractivity contribution >= 4 is 5.91 Å². The van der Waals surface area contributed by atoms with Gasteiger partial charge in [-0.3, -0.25) is 4.79 Å². The zero-order valence-electron chi connectivity index (χ0n) is 14.9. The zero-order chi connectivity index (χ0) is 18.1. The number of piperidine rings is 1. The number of aromatic amines is 1. The van der Waals surface area contributed by atoms with Gasteiger partial charge in [0.2, 0.25) is 0 Å². The van der Waals surface area contributed by atoms with Gasteiger partial charge < -0.3 is 19.1 Å². The predicted molar refractivity (Wildman–Crippen MR) is 92.4 cm³/mol. The number of nitrogens with one attached hydrogen (secondary N) is 1. The molecule has 0 saturated carbocycles. The van der Waals surface area contributed by atoms with Crippen molar-refractivity contribution in [3.05, 3.63) is 35.2 Å². The fourth-order valence-corrected chi connectivity index (χ4v) is 3.94. The van der Waals surface area contributed by atoms with Crippen LogP contribution in [0.15, 0.2) is 18.3 Å². The van der Waals surface area contributed by atoms with E-state index in [1.54, 1.807) is 14.2 Å². The van der Waals surface area contributed by atoms with Crippen molar-refractivity contribution in [1.82, 2.24) is 20.3 Å². The second-order valence-electron chi connectivity index (χ2n) is 6.60. The first-order valence-electron chi connectivity index (χ1n) is 8.71. The van der Waals surface area contributed by atoms with E-state index in [1.165, 1.54) is 11.8 Å². The Labute approximate surface area is 151 Å². The van der Waals surface area contributed by atoms with Crippen LogP contribution in [0.4, 0.5) is 0 Å². The van der Waals surface area contributed by atoms with Crippen molar-refractivity contribution in [2.24, 2.45) is 0 Å². The van der Waals surface area contributed by atoms with Crippen LogP contribution in [-0.2, 0) is 16.8 Å². The summed E-state index contributed by atoms with van der Waals surface area (Å²) in [6.45, 7) is 1.89. The number of carbonyl (C=O) groups is 1. The van der Waals surface area contributed by atoms with Crippen molar-refractivity contribution in [2.45, 2.75) is 24.9 Å². The number of likely N-dealkylation sites (tertiary alicyclic amines) is 1. The number of hydrogen-bond acceptors (Lipinski definition) is 6. The lowest BCUT2D eigenvalue weighted by molar-refractivity contribution is -0.0936.